The Morgan fingerprint density at radius 1 is 1.29 bits per heavy atom. The molecule has 0 atom stereocenters. The Morgan fingerprint density at radius 3 is 2.48 bits per heavy atom. The van der Waals surface area contributed by atoms with Crippen molar-refractivity contribution < 1.29 is 14.6 Å². The predicted octanol–water partition coefficient (Wildman–Crippen LogP) is 3.95. The van der Waals surface area contributed by atoms with E-state index in [4.69, 9.17) is 33.0 Å². The van der Waals surface area contributed by atoms with Crippen molar-refractivity contribution in [3.8, 4) is 5.75 Å². The Kier molecular flexibility index (Phi) is 6.78. The summed E-state index contributed by atoms with van der Waals surface area (Å²) in [5.41, 5.74) is -0.122. The summed E-state index contributed by atoms with van der Waals surface area (Å²) in [6, 6.07) is 5.07. The lowest BCUT2D eigenvalue weighted by atomic mass is 10.1. The van der Waals surface area contributed by atoms with E-state index in [1.165, 1.54) is 0 Å². The first-order chi connectivity index (χ1) is 9.70. The highest BCUT2D eigenvalue weighted by molar-refractivity contribution is 6.35. The van der Waals surface area contributed by atoms with E-state index in [9.17, 15) is 4.79 Å². The quantitative estimate of drug-likeness (QED) is 0.820. The van der Waals surface area contributed by atoms with Crippen LogP contribution in [-0.2, 0) is 4.79 Å². The molecule has 0 radical (unpaired) electrons. The molecule has 1 N–H and O–H groups in total. The van der Waals surface area contributed by atoms with E-state index in [0.717, 1.165) is 0 Å². The number of nitrogens with zero attached hydrogens (tertiary/aromatic N) is 1. The Morgan fingerprint density at radius 2 is 1.95 bits per heavy atom. The number of ether oxygens (including phenoxy) is 1. The molecule has 0 bridgehead atoms. The standard InChI is InChI=1S/C15H21Cl2NO3/c1-15(2,3)18(7-6-14(19)20)8-9-21-13-5-4-11(16)10-12(13)17/h4-5,10H,6-9H2,1-3H3,(H,19,20). The summed E-state index contributed by atoms with van der Waals surface area (Å²) < 4.78 is 5.64. The molecule has 0 heterocycles. The van der Waals surface area contributed by atoms with Crippen LogP contribution in [0.1, 0.15) is 27.2 Å². The lowest BCUT2D eigenvalue weighted by molar-refractivity contribution is -0.137. The second kappa shape index (κ2) is 7.87. The van der Waals surface area contributed by atoms with Crippen LogP contribution in [0, 0.1) is 0 Å². The number of carbonyl (C=O) groups is 1. The van der Waals surface area contributed by atoms with E-state index in [1.807, 2.05) is 20.8 Å². The highest BCUT2D eigenvalue weighted by Crippen LogP contribution is 2.27. The fraction of sp³-hybridized carbons (Fsp3) is 0.533. The number of halogens is 2. The molecule has 6 heteroatoms. The molecule has 0 unspecified atom stereocenters. The Balaban J connectivity index is 2.55. The molecule has 1 rings (SSSR count). The van der Waals surface area contributed by atoms with Gasteiger partial charge in [-0.2, -0.15) is 0 Å². The number of benzene rings is 1. The maximum absolute atomic E-state index is 10.7. The van der Waals surface area contributed by atoms with E-state index in [0.29, 0.717) is 35.5 Å². The summed E-state index contributed by atoms with van der Waals surface area (Å²) in [4.78, 5) is 12.8. The summed E-state index contributed by atoms with van der Waals surface area (Å²) in [7, 11) is 0. The zero-order valence-electron chi connectivity index (χ0n) is 12.5. The third-order valence-electron chi connectivity index (χ3n) is 3.06. The predicted molar refractivity (Wildman–Crippen MR) is 85.5 cm³/mol. The minimum absolute atomic E-state index is 0.110. The van der Waals surface area contributed by atoms with Crippen LogP contribution in [-0.4, -0.2) is 41.2 Å². The molecule has 118 valence electrons. The summed E-state index contributed by atoms with van der Waals surface area (Å²) in [6.07, 6.45) is 0.110. The van der Waals surface area contributed by atoms with Crippen LogP contribution in [0.25, 0.3) is 0 Å². The van der Waals surface area contributed by atoms with E-state index in [-0.39, 0.29) is 12.0 Å². The average Bonchev–Trinajstić information content (AvgIpc) is 2.33. The van der Waals surface area contributed by atoms with Crippen molar-refractivity contribution in [2.45, 2.75) is 32.7 Å². The third kappa shape index (κ3) is 6.55. The van der Waals surface area contributed by atoms with Crippen LogP contribution in [0.3, 0.4) is 0 Å². The topological polar surface area (TPSA) is 49.8 Å². The van der Waals surface area contributed by atoms with Crippen LogP contribution in [0.15, 0.2) is 18.2 Å². The molecule has 0 saturated carbocycles. The van der Waals surface area contributed by atoms with Gasteiger partial charge in [0.25, 0.3) is 0 Å². The molecule has 0 fully saturated rings. The van der Waals surface area contributed by atoms with E-state index < -0.39 is 5.97 Å². The fourth-order valence-electron chi connectivity index (χ4n) is 1.87. The summed E-state index contributed by atoms with van der Waals surface area (Å²) in [6.45, 7) is 7.67. The van der Waals surface area contributed by atoms with E-state index >= 15 is 0 Å². The SMILES string of the molecule is CC(C)(C)N(CCOc1ccc(Cl)cc1Cl)CCC(=O)O. The average molecular weight is 334 g/mol. The molecule has 0 aliphatic carbocycles. The first kappa shape index (κ1) is 18.1. The van der Waals surface area contributed by atoms with Gasteiger partial charge in [-0.15, -0.1) is 0 Å². The van der Waals surface area contributed by atoms with E-state index in [2.05, 4.69) is 4.90 Å². The molecule has 21 heavy (non-hydrogen) atoms. The van der Waals surface area contributed by atoms with Crippen molar-refractivity contribution >= 4 is 29.2 Å². The molecular weight excluding hydrogens is 313 g/mol. The zero-order chi connectivity index (χ0) is 16.0. The number of carboxylic acid groups (broad SMARTS) is 1. The maximum Gasteiger partial charge on any atom is 0.304 e. The number of carboxylic acids is 1. The fourth-order valence-corrected chi connectivity index (χ4v) is 2.33. The van der Waals surface area contributed by atoms with Crippen LogP contribution < -0.4 is 4.74 Å². The van der Waals surface area contributed by atoms with Gasteiger partial charge >= 0.3 is 5.97 Å². The molecule has 1 aromatic rings. The summed E-state index contributed by atoms with van der Waals surface area (Å²) >= 11 is 11.9. The normalized spacial score (nSPS) is 11.7. The van der Waals surface area contributed by atoms with Crippen LogP contribution >= 0.6 is 23.2 Å². The van der Waals surface area contributed by atoms with E-state index in [1.54, 1.807) is 18.2 Å². The summed E-state index contributed by atoms with van der Waals surface area (Å²) in [5, 5.41) is 9.83. The van der Waals surface area contributed by atoms with Gasteiger partial charge in [0.1, 0.15) is 12.4 Å². The van der Waals surface area contributed by atoms with Gasteiger partial charge in [0.05, 0.1) is 11.4 Å². The third-order valence-corrected chi connectivity index (χ3v) is 3.59. The molecular formula is C15H21Cl2NO3. The van der Waals surface area contributed by atoms with Crippen LogP contribution in [0.2, 0.25) is 10.0 Å². The Labute approximate surface area is 135 Å². The van der Waals surface area contributed by atoms with Gasteiger partial charge in [0, 0.05) is 23.7 Å². The maximum atomic E-state index is 10.7. The first-order valence-corrected chi connectivity index (χ1v) is 7.50. The number of aliphatic carboxylic acids is 1. The van der Waals surface area contributed by atoms with Crippen molar-refractivity contribution in [3.63, 3.8) is 0 Å². The zero-order valence-corrected chi connectivity index (χ0v) is 14.0. The molecule has 0 spiro atoms. The minimum Gasteiger partial charge on any atom is -0.491 e. The van der Waals surface area contributed by atoms with Gasteiger partial charge in [0.2, 0.25) is 0 Å². The van der Waals surface area contributed by atoms with Crippen molar-refractivity contribution in [2.24, 2.45) is 0 Å². The Bertz CT molecular complexity index is 486. The van der Waals surface area contributed by atoms with Gasteiger partial charge < -0.3 is 9.84 Å². The number of hydrogen-bond acceptors (Lipinski definition) is 3. The molecule has 0 aliphatic rings. The van der Waals surface area contributed by atoms with Gasteiger partial charge in [-0.25, -0.2) is 0 Å². The molecule has 0 amide bonds. The molecule has 0 saturated heterocycles. The second-order valence-corrected chi connectivity index (χ2v) is 6.57. The van der Waals surface area contributed by atoms with Gasteiger partial charge in [-0.1, -0.05) is 23.2 Å². The van der Waals surface area contributed by atoms with Crippen LogP contribution in [0.5, 0.6) is 5.75 Å². The molecule has 0 aromatic heterocycles. The lowest BCUT2D eigenvalue weighted by Gasteiger charge is -2.35. The largest absolute Gasteiger partial charge is 0.491 e. The number of rotatable bonds is 7. The van der Waals surface area contributed by atoms with Gasteiger partial charge in [-0.3, -0.25) is 9.69 Å². The van der Waals surface area contributed by atoms with Crippen molar-refractivity contribution in [3.05, 3.63) is 28.2 Å². The lowest BCUT2D eigenvalue weighted by Crippen LogP contribution is -2.44. The summed E-state index contributed by atoms with van der Waals surface area (Å²) in [5.74, 6) is -0.223. The van der Waals surface area contributed by atoms with Crippen molar-refractivity contribution in [1.29, 1.82) is 0 Å². The van der Waals surface area contributed by atoms with Gasteiger partial charge in [0.15, 0.2) is 0 Å². The molecule has 1 aromatic carbocycles. The minimum atomic E-state index is -0.800. The monoisotopic (exact) mass is 333 g/mol. The van der Waals surface area contributed by atoms with Crippen molar-refractivity contribution in [1.82, 2.24) is 4.90 Å². The smallest absolute Gasteiger partial charge is 0.304 e. The van der Waals surface area contributed by atoms with Gasteiger partial charge in [-0.05, 0) is 39.0 Å². The van der Waals surface area contributed by atoms with Crippen molar-refractivity contribution in [2.75, 3.05) is 19.7 Å². The van der Waals surface area contributed by atoms with Crippen LogP contribution in [0.4, 0.5) is 0 Å². The first-order valence-electron chi connectivity index (χ1n) is 6.75. The highest BCUT2D eigenvalue weighted by Gasteiger charge is 2.21. The highest BCUT2D eigenvalue weighted by atomic mass is 35.5. The molecule has 4 nitrogen and oxygen atoms in total. The second-order valence-electron chi connectivity index (χ2n) is 5.72. The Hall–Kier alpha value is -0.970. The molecule has 0 aliphatic heterocycles. The number of hydrogen-bond donors (Lipinski definition) is 1.